The normalized spacial score (nSPS) is 9.81. The average Bonchev–Trinajstić information content (AvgIpc) is 2.46. The SMILES string of the molecule is CCOCCC(=O)NNC(=S)NC(=O)c1ccc(Cl)cc1. The summed E-state index contributed by atoms with van der Waals surface area (Å²) >= 11 is 10.6. The minimum atomic E-state index is -0.396. The summed E-state index contributed by atoms with van der Waals surface area (Å²) in [6, 6.07) is 6.34. The third kappa shape index (κ3) is 7.03. The molecule has 0 bridgehead atoms. The minimum Gasteiger partial charge on any atom is -0.381 e. The summed E-state index contributed by atoms with van der Waals surface area (Å²) < 4.78 is 5.04. The molecule has 1 rings (SSSR count). The van der Waals surface area contributed by atoms with Crippen LogP contribution in [0.2, 0.25) is 5.02 Å². The lowest BCUT2D eigenvalue weighted by atomic mass is 10.2. The highest BCUT2D eigenvalue weighted by Gasteiger charge is 2.08. The van der Waals surface area contributed by atoms with Gasteiger partial charge in [-0.15, -0.1) is 0 Å². The number of thiocarbonyl (C=S) groups is 1. The lowest BCUT2D eigenvalue weighted by molar-refractivity contribution is -0.122. The van der Waals surface area contributed by atoms with E-state index in [1.54, 1.807) is 24.3 Å². The van der Waals surface area contributed by atoms with E-state index in [4.69, 9.17) is 28.6 Å². The molecule has 0 radical (unpaired) electrons. The Balaban J connectivity index is 2.31. The number of hydrogen-bond acceptors (Lipinski definition) is 4. The quantitative estimate of drug-likeness (QED) is 0.432. The van der Waals surface area contributed by atoms with Gasteiger partial charge in [-0.3, -0.25) is 25.8 Å². The van der Waals surface area contributed by atoms with Crippen LogP contribution in [-0.2, 0) is 9.53 Å². The first-order chi connectivity index (χ1) is 10.0. The average molecular weight is 330 g/mol. The number of halogens is 1. The number of carbonyl (C=O) groups is 2. The van der Waals surface area contributed by atoms with Gasteiger partial charge in [0.25, 0.3) is 5.91 Å². The van der Waals surface area contributed by atoms with E-state index in [2.05, 4.69) is 16.2 Å². The molecule has 0 saturated carbocycles. The van der Waals surface area contributed by atoms with Crippen LogP contribution in [0.25, 0.3) is 0 Å². The Morgan fingerprint density at radius 3 is 2.52 bits per heavy atom. The molecule has 2 amide bonds. The number of nitrogens with one attached hydrogen (secondary N) is 3. The lowest BCUT2D eigenvalue weighted by Crippen LogP contribution is -2.48. The van der Waals surface area contributed by atoms with E-state index in [0.29, 0.717) is 23.8 Å². The largest absolute Gasteiger partial charge is 0.381 e. The topological polar surface area (TPSA) is 79.5 Å². The molecule has 0 heterocycles. The Labute approximate surface area is 133 Å². The predicted octanol–water partition coefficient (Wildman–Crippen LogP) is 1.40. The summed E-state index contributed by atoms with van der Waals surface area (Å²) in [5.41, 5.74) is 5.21. The number of carbonyl (C=O) groups excluding carboxylic acids is 2. The standard InChI is InChI=1S/C13H16ClN3O3S/c1-2-20-8-7-11(18)16-17-13(21)15-12(19)9-3-5-10(14)6-4-9/h3-6H,2,7-8H2,1H3,(H,16,18)(H2,15,17,19,21). The molecule has 1 aromatic carbocycles. The van der Waals surface area contributed by atoms with Crippen molar-refractivity contribution in [1.29, 1.82) is 0 Å². The molecule has 0 aliphatic rings. The molecule has 0 saturated heterocycles. The number of benzene rings is 1. The van der Waals surface area contributed by atoms with Gasteiger partial charge in [0.1, 0.15) is 0 Å². The maximum atomic E-state index is 11.8. The molecular weight excluding hydrogens is 314 g/mol. The van der Waals surface area contributed by atoms with Gasteiger partial charge in [-0.05, 0) is 43.4 Å². The van der Waals surface area contributed by atoms with Crippen molar-refractivity contribution in [3.63, 3.8) is 0 Å². The third-order valence-electron chi connectivity index (χ3n) is 2.33. The summed E-state index contributed by atoms with van der Waals surface area (Å²) in [4.78, 5) is 23.2. The molecule has 21 heavy (non-hydrogen) atoms. The van der Waals surface area contributed by atoms with Crippen LogP contribution >= 0.6 is 23.8 Å². The van der Waals surface area contributed by atoms with Gasteiger partial charge in [-0.25, -0.2) is 0 Å². The zero-order valence-electron chi connectivity index (χ0n) is 11.4. The Bertz CT molecular complexity index is 508. The van der Waals surface area contributed by atoms with Crippen molar-refractivity contribution in [2.24, 2.45) is 0 Å². The van der Waals surface area contributed by atoms with Crippen LogP contribution in [0.15, 0.2) is 24.3 Å². The van der Waals surface area contributed by atoms with Crippen LogP contribution < -0.4 is 16.2 Å². The molecule has 6 nitrogen and oxygen atoms in total. The summed E-state index contributed by atoms with van der Waals surface area (Å²) in [6.07, 6.45) is 0.203. The Hall–Kier alpha value is -1.70. The van der Waals surface area contributed by atoms with Crippen molar-refractivity contribution in [1.82, 2.24) is 16.2 Å². The summed E-state index contributed by atoms with van der Waals surface area (Å²) in [6.45, 7) is 2.72. The monoisotopic (exact) mass is 329 g/mol. The number of rotatable bonds is 5. The molecule has 114 valence electrons. The van der Waals surface area contributed by atoms with Crippen molar-refractivity contribution in [3.8, 4) is 0 Å². The van der Waals surface area contributed by atoms with Crippen LogP contribution in [0.3, 0.4) is 0 Å². The van der Waals surface area contributed by atoms with Crippen LogP contribution in [0.1, 0.15) is 23.7 Å². The fraction of sp³-hybridized carbons (Fsp3) is 0.308. The van der Waals surface area contributed by atoms with E-state index in [1.165, 1.54) is 0 Å². The van der Waals surface area contributed by atoms with E-state index in [1.807, 2.05) is 6.92 Å². The molecule has 0 atom stereocenters. The zero-order valence-corrected chi connectivity index (χ0v) is 13.0. The first kappa shape index (κ1) is 17.4. The van der Waals surface area contributed by atoms with Crippen molar-refractivity contribution in [3.05, 3.63) is 34.9 Å². The highest BCUT2D eigenvalue weighted by Crippen LogP contribution is 2.09. The second kappa shape index (κ2) is 9.28. The summed E-state index contributed by atoms with van der Waals surface area (Å²) in [5, 5.41) is 2.97. The second-order valence-electron chi connectivity index (χ2n) is 3.91. The molecule has 0 unspecified atom stereocenters. The first-order valence-electron chi connectivity index (χ1n) is 6.26. The van der Waals surface area contributed by atoms with E-state index in [0.717, 1.165) is 0 Å². The highest BCUT2D eigenvalue weighted by atomic mass is 35.5. The van der Waals surface area contributed by atoms with Gasteiger partial charge in [0.15, 0.2) is 5.11 Å². The van der Waals surface area contributed by atoms with Crippen LogP contribution in [-0.4, -0.2) is 30.1 Å². The molecule has 0 aromatic heterocycles. The van der Waals surface area contributed by atoms with Gasteiger partial charge < -0.3 is 4.74 Å². The molecule has 0 fully saturated rings. The Morgan fingerprint density at radius 1 is 1.24 bits per heavy atom. The fourth-order valence-corrected chi connectivity index (χ4v) is 1.58. The summed E-state index contributed by atoms with van der Waals surface area (Å²) in [7, 11) is 0. The molecule has 1 aromatic rings. The fourth-order valence-electron chi connectivity index (χ4n) is 1.31. The maximum Gasteiger partial charge on any atom is 0.257 e. The van der Waals surface area contributed by atoms with E-state index >= 15 is 0 Å². The number of amides is 2. The predicted molar refractivity (Wildman–Crippen MR) is 83.9 cm³/mol. The smallest absolute Gasteiger partial charge is 0.257 e. The Kier molecular flexibility index (Phi) is 7.66. The van der Waals surface area contributed by atoms with E-state index < -0.39 is 5.91 Å². The zero-order chi connectivity index (χ0) is 15.7. The molecular formula is C13H16ClN3O3S. The van der Waals surface area contributed by atoms with Crippen LogP contribution in [0, 0.1) is 0 Å². The molecule has 8 heteroatoms. The van der Waals surface area contributed by atoms with Crippen molar-refractivity contribution in [2.75, 3.05) is 13.2 Å². The summed E-state index contributed by atoms with van der Waals surface area (Å²) in [5.74, 6) is -0.681. The Morgan fingerprint density at radius 2 is 1.90 bits per heavy atom. The minimum absolute atomic E-state index is 0.000269. The second-order valence-corrected chi connectivity index (χ2v) is 4.75. The van der Waals surface area contributed by atoms with Gasteiger partial charge in [-0.1, -0.05) is 11.6 Å². The molecule has 0 aliphatic carbocycles. The van der Waals surface area contributed by atoms with Gasteiger partial charge in [-0.2, -0.15) is 0 Å². The van der Waals surface area contributed by atoms with Gasteiger partial charge in [0, 0.05) is 17.2 Å². The van der Waals surface area contributed by atoms with Crippen molar-refractivity contribution >= 4 is 40.7 Å². The molecule has 0 spiro atoms. The molecule has 3 N–H and O–H groups in total. The lowest BCUT2D eigenvalue weighted by Gasteiger charge is -2.10. The van der Waals surface area contributed by atoms with Crippen LogP contribution in [0.4, 0.5) is 0 Å². The van der Waals surface area contributed by atoms with E-state index in [9.17, 15) is 9.59 Å². The highest BCUT2D eigenvalue weighted by molar-refractivity contribution is 7.80. The van der Waals surface area contributed by atoms with Crippen LogP contribution in [0.5, 0.6) is 0 Å². The number of hydrogen-bond donors (Lipinski definition) is 3. The first-order valence-corrected chi connectivity index (χ1v) is 7.05. The van der Waals surface area contributed by atoms with E-state index in [-0.39, 0.29) is 17.4 Å². The van der Waals surface area contributed by atoms with Crippen molar-refractivity contribution < 1.29 is 14.3 Å². The van der Waals surface area contributed by atoms with Gasteiger partial charge in [0.2, 0.25) is 5.91 Å². The maximum absolute atomic E-state index is 11.8. The van der Waals surface area contributed by atoms with Crippen molar-refractivity contribution in [2.45, 2.75) is 13.3 Å². The van der Waals surface area contributed by atoms with Gasteiger partial charge in [0.05, 0.1) is 13.0 Å². The third-order valence-corrected chi connectivity index (χ3v) is 2.78. The van der Waals surface area contributed by atoms with Gasteiger partial charge >= 0.3 is 0 Å². The molecule has 0 aliphatic heterocycles. The number of ether oxygens (including phenoxy) is 1. The number of hydrazine groups is 1.